The monoisotopic (exact) mass is 296 g/mol. The van der Waals surface area contributed by atoms with E-state index < -0.39 is 0 Å². The number of aromatic nitrogens is 3. The summed E-state index contributed by atoms with van der Waals surface area (Å²) in [6, 6.07) is 5.75. The van der Waals surface area contributed by atoms with Gasteiger partial charge in [-0.3, -0.25) is 4.57 Å². The van der Waals surface area contributed by atoms with E-state index in [1.165, 1.54) is 0 Å². The Morgan fingerprint density at radius 3 is 2.71 bits per heavy atom. The quantitative estimate of drug-likeness (QED) is 0.944. The van der Waals surface area contributed by atoms with Crippen LogP contribution in [0.5, 0.6) is 5.75 Å². The molecule has 0 saturated carbocycles. The number of ether oxygens (including phenoxy) is 1. The summed E-state index contributed by atoms with van der Waals surface area (Å²) < 4.78 is 8.05. The molecule has 0 bridgehead atoms. The highest BCUT2D eigenvalue weighted by Crippen LogP contribution is 2.31. The van der Waals surface area contributed by atoms with Gasteiger partial charge in [-0.25, -0.2) is 0 Å². The van der Waals surface area contributed by atoms with Crippen LogP contribution in [0.25, 0.3) is 11.4 Å². The van der Waals surface area contributed by atoms with Gasteiger partial charge in [0.2, 0.25) is 5.95 Å². The van der Waals surface area contributed by atoms with Crippen molar-refractivity contribution in [1.29, 1.82) is 0 Å². The number of methoxy groups -OCH3 is 1. The Hall–Kier alpha value is -1.56. The maximum atomic E-state index is 5.21. The third-order valence-corrected chi connectivity index (χ3v) is 3.20. The molecule has 0 aliphatic carbocycles. The topological polar surface area (TPSA) is 52.0 Å². The summed E-state index contributed by atoms with van der Waals surface area (Å²) in [5.74, 6) is 2.28. The van der Waals surface area contributed by atoms with Gasteiger partial charge < -0.3 is 10.1 Å². The van der Waals surface area contributed by atoms with E-state index in [0.29, 0.717) is 0 Å². The predicted molar refractivity (Wildman–Crippen MR) is 70.2 cm³/mol. The Morgan fingerprint density at radius 2 is 2.12 bits per heavy atom. The van der Waals surface area contributed by atoms with Crippen molar-refractivity contribution in [1.82, 2.24) is 14.8 Å². The lowest BCUT2D eigenvalue weighted by Crippen LogP contribution is -2.00. The molecule has 0 aliphatic heterocycles. The number of hydrogen-bond acceptors (Lipinski definition) is 4. The van der Waals surface area contributed by atoms with Gasteiger partial charge in [-0.05, 0) is 18.2 Å². The van der Waals surface area contributed by atoms with Crippen LogP contribution in [-0.2, 0) is 7.05 Å². The third kappa shape index (κ3) is 2.12. The van der Waals surface area contributed by atoms with Crippen LogP contribution in [0.3, 0.4) is 0 Å². The standard InChI is InChI=1S/C11H13BrN4O/c1-13-11-15-14-10(16(11)2)8-6-7(17-3)4-5-9(8)12/h4-6H,1-3H3,(H,13,15). The van der Waals surface area contributed by atoms with E-state index in [0.717, 1.165) is 27.6 Å². The fourth-order valence-electron chi connectivity index (χ4n) is 1.58. The molecule has 0 atom stereocenters. The lowest BCUT2D eigenvalue weighted by atomic mass is 10.2. The first-order valence-electron chi connectivity index (χ1n) is 5.08. The first-order chi connectivity index (χ1) is 8.17. The summed E-state index contributed by atoms with van der Waals surface area (Å²) in [5.41, 5.74) is 0.945. The zero-order valence-corrected chi connectivity index (χ0v) is 11.4. The minimum atomic E-state index is 0.717. The van der Waals surface area contributed by atoms with Crippen LogP contribution in [0.15, 0.2) is 22.7 Å². The van der Waals surface area contributed by atoms with Gasteiger partial charge in [-0.15, -0.1) is 10.2 Å². The van der Waals surface area contributed by atoms with Crippen LogP contribution >= 0.6 is 15.9 Å². The Balaban J connectivity index is 2.55. The number of nitrogens with one attached hydrogen (secondary N) is 1. The van der Waals surface area contributed by atoms with Gasteiger partial charge in [0.05, 0.1) is 7.11 Å². The second-order valence-corrected chi connectivity index (χ2v) is 4.36. The zero-order chi connectivity index (χ0) is 12.4. The van der Waals surface area contributed by atoms with Crippen molar-refractivity contribution in [3.05, 3.63) is 22.7 Å². The smallest absolute Gasteiger partial charge is 0.224 e. The van der Waals surface area contributed by atoms with Gasteiger partial charge in [-0.2, -0.15) is 0 Å². The Labute approximate surface area is 108 Å². The molecule has 1 aromatic carbocycles. The number of benzene rings is 1. The highest BCUT2D eigenvalue weighted by Gasteiger charge is 2.13. The maximum absolute atomic E-state index is 5.21. The number of halogens is 1. The molecule has 5 nitrogen and oxygen atoms in total. The molecular weight excluding hydrogens is 284 g/mol. The molecular formula is C11H13BrN4O. The van der Waals surface area contributed by atoms with E-state index >= 15 is 0 Å². The van der Waals surface area contributed by atoms with Gasteiger partial charge in [0, 0.05) is 24.1 Å². The van der Waals surface area contributed by atoms with E-state index in [-0.39, 0.29) is 0 Å². The SMILES string of the molecule is CNc1nnc(-c2cc(OC)ccc2Br)n1C. The molecule has 0 aliphatic rings. The van der Waals surface area contributed by atoms with Crippen LogP contribution < -0.4 is 10.1 Å². The molecule has 0 spiro atoms. The third-order valence-electron chi connectivity index (χ3n) is 2.51. The minimum Gasteiger partial charge on any atom is -0.497 e. The first kappa shape index (κ1) is 11.9. The second-order valence-electron chi connectivity index (χ2n) is 3.50. The minimum absolute atomic E-state index is 0.717. The van der Waals surface area contributed by atoms with E-state index in [2.05, 4.69) is 31.4 Å². The molecule has 1 aromatic heterocycles. The molecule has 90 valence electrons. The molecule has 0 radical (unpaired) electrons. The van der Waals surface area contributed by atoms with Crippen LogP contribution in [0.2, 0.25) is 0 Å². The summed E-state index contributed by atoms with van der Waals surface area (Å²) in [6.07, 6.45) is 0. The van der Waals surface area contributed by atoms with Crippen LogP contribution in [0.4, 0.5) is 5.95 Å². The molecule has 2 aromatic rings. The van der Waals surface area contributed by atoms with Crippen LogP contribution in [-0.4, -0.2) is 28.9 Å². The lowest BCUT2D eigenvalue weighted by molar-refractivity contribution is 0.415. The van der Waals surface area contributed by atoms with Gasteiger partial charge in [0.15, 0.2) is 5.82 Å². The number of nitrogens with zero attached hydrogens (tertiary/aromatic N) is 3. The molecule has 1 N–H and O–H groups in total. The lowest BCUT2D eigenvalue weighted by Gasteiger charge is -2.07. The van der Waals surface area contributed by atoms with Crippen LogP contribution in [0, 0.1) is 0 Å². The summed E-state index contributed by atoms with van der Waals surface area (Å²) in [6.45, 7) is 0. The number of rotatable bonds is 3. The van der Waals surface area contributed by atoms with Crippen molar-refractivity contribution in [3.8, 4) is 17.1 Å². The van der Waals surface area contributed by atoms with E-state index in [1.807, 2.05) is 36.9 Å². The van der Waals surface area contributed by atoms with Gasteiger partial charge in [-0.1, -0.05) is 15.9 Å². The normalized spacial score (nSPS) is 10.4. The fraction of sp³-hybridized carbons (Fsp3) is 0.273. The van der Waals surface area contributed by atoms with Crippen molar-refractivity contribution in [2.75, 3.05) is 19.5 Å². The molecule has 1 heterocycles. The van der Waals surface area contributed by atoms with Crippen molar-refractivity contribution >= 4 is 21.9 Å². The molecule has 2 rings (SSSR count). The van der Waals surface area contributed by atoms with Crippen molar-refractivity contribution < 1.29 is 4.74 Å². The average Bonchev–Trinajstić information content (AvgIpc) is 2.71. The summed E-state index contributed by atoms with van der Waals surface area (Å²) in [7, 11) is 5.37. The molecule has 6 heteroatoms. The average molecular weight is 297 g/mol. The van der Waals surface area contributed by atoms with Crippen molar-refractivity contribution in [2.45, 2.75) is 0 Å². The molecule has 0 unspecified atom stereocenters. The van der Waals surface area contributed by atoms with Crippen LogP contribution in [0.1, 0.15) is 0 Å². The number of anilines is 1. The largest absolute Gasteiger partial charge is 0.497 e. The van der Waals surface area contributed by atoms with E-state index in [4.69, 9.17) is 4.74 Å². The molecule has 0 fully saturated rings. The second kappa shape index (κ2) is 4.75. The molecule has 17 heavy (non-hydrogen) atoms. The highest BCUT2D eigenvalue weighted by atomic mass is 79.9. The molecule has 0 saturated heterocycles. The Bertz CT molecular complexity index is 538. The Morgan fingerprint density at radius 1 is 1.35 bits per heavy atom. The van der Waals surface area contributed by atoms with Gasteiger partial charge >= 0.3 is 0 Å². The summed E-state index contributed by atoms with van der Waals surface area (Å²) in [4.78, 5) is 0. The maximum Gasteiger partial charge on any atom is 0.224 e. The van der Waals surface area contributed by atoms with Crippen molar-refractivity contribution in [2.24, 2.45) is 7.05 Å². The van der Waals surface area contributed by atoms with E-state index in [9.17, 15) is 0 Å². The van der Waals surface area contributed by atoms with E-state index in [1.54, 1.807) is 7.11 Å². The summed E-state index contributed by atoms with van der Waals surface area (Å²) in [5, 5.41) is 11.2. The van der Waals surface area contributed by atoms with Gasteiger partial charge in [0.1, 0.15) is 5.75 Å². The first-order valence-corrected chi connectivity index (χ1v) is 5.87. The highest BCUT2D eigenvalue weighted by molar-refractivity contribution is 9.10. The molecule has 0 amide bonds. The fourth-order valence-corrected chi connectivity index (χ4v) is 2.01. The van der Waals surface area contributed by atoms with Crippen molar-refractivity contribution in [3.63, 3.8) is 0 Å². The Kier molecular flexibility index (Phi) is 3.33. The zero-order valence-electron chi connectivity index (χ0n) is 9.86. The summed E-state index contributed by atoms with van der Waals surface area (Å²) >= 11 is 3.50. The van der Waals surface area contributed by atoms with Gasteiger partial charge in [0.25, 0.3) is 0 Å². The predicted octanol–water partition coefficient (Wildman–Crippen LogP) is 2.29. The number of hydrogen-bond donors (Lipinski definition) is 1.